The number of aryl methyl sites for hydroxylation is 1. The van der Waals surface area contributed by atoms with Crippen LogP contribution >= 0.6 is 0 Å². The molecule has 0 bridgehead atoms. The lowest BCUT2D eigenvalue weighted by molar-refractivity contribution is 0.808. The van der Waals surface area contributed by atoms with Crippen LogP contribution < -0.4 is 0 Å². The Morgan fingerprint density at radius 3 is 2.56 bits per heavy atom. The summed E-state index contributed by atoms with van der Waals surface area (Å²) < 4.78 is 1.68. The Morgan fingerprint density at radius 1 is 1.00 bits per heavy atom. The predicted octanol–water partition coefficient (Wildman–Crippen LogP) is 2.64. The van der Waals surface area contributed by atoms with Gasteiger partial charge in [-0.25, -0.2) is 14.6 Å². The molecular weight excluding hydrogens is 224 g/mol. The van der Waals surface area contributed by atoms with Crippen molar-refractivity contribution in [1.82, 2.24) is 19.7 Å². The van der Waals surface area contributed by atoms with Crippen molar-refractivity contribution in [1.29, 1.82) is 0 Å². The monoisotopic (exact) mass is 236 g/mol. The summed E-state index contributed by atoms with van der Waals surface area (Å²) >= 11 is 0. The molecule has 2 heterocycles. The van der Waals surface area contributed by atoms with Crippen LogP contribution in [0, 0.1) is 6.92 Å². The molecule has 0 spiro atoms. The van der Waals surface area contributed by atoms with E-state index in [4.69, 9.17) is 0 Å². The molecule has 0 aliphatic heterocycles. The Balaban J connectivity index is 2.03. The van der Waals surface area contributed by atoms with E-state index in [0.29, 0.717) is 5.95 Å². The van der Waals surface area contributed by atoms with Crippen LogP contribution in [0.4, 0.5) is 0 Å². The fourth-order valence-corrected chi connectivity index (χ4v) is 1.88. The van der Waals surface area contributed by atoms with Gasteiger partial charge in [-0.1, -0.05) is 24.3 Å². The maximum atomic E-state index is 4.30. The molecule has 18 heavy (non-hydrogen) atoms. The summed E-state index contributed by atoms with van der Waals surface area (Å²) in [5, 5.41) is 4.30. The zero-order chi connectivity index (χ0) is 12.4. The molecule has 0 amide bonds. The fraction of sp³-hybridized carbons (Fsp3) is 0.0714. The lowest BCUT2D eigenvalue weighted by Crippen LogP contribution is -1.99. The van der Waals surface area contributed by atoms with Crippen LogP contribution in [0.3, 0.4) is 0 Å². The molecule has 0 saturated heterocycles. The first-order chi connectivity index (χ1) is 8.84. The molecule has 0 unspecified atom stereocenters. The third kappa shape index (κ3) is 1.88. The molecular formula is C14H12N4. The second-order valence-electron chi connectivity index (χ2n) is 4.04. The highest BCUT2D eigenvalue weighted by Crippen LogP contribution is 2.22. The Morgan fingerprint density at radius 2 is 1.78 bits per heavy atom. The van der Waals surface area contributed by atoms with Gasteiger partial charge in [0.15, 0.2) is 0 Å². The molecule has 4 heteroatoms. The lowest BCUT2D eigenvalue weighted by atomic mass is 10.0. The van der Waals surface area contributed by atoms with Gasteiger partial charge in [0.05, 0.1) is 6.20 Å². The van der Waals surface area contributed by atoms with E-state index in [9.17, 15) is 0 Å². The van der Waals surface area contributed by atoms with E-state index in [-0.39, 0.29) is 0 Å². The first-order valence-corrected chi connectivity index (χ1v) is 5.72. The van der Waals surface area contributed by atoms with Gasteiger partial charge in [0.2, 0.25) is 5.95 Å². The van der Waals surface area contributed by atoms with Gasteiger partial charge in [-0.15, -0.1) is 0 Å². The van der Waals surface area contributed by atoms with E-state index in [1.54, 1.807) is 23.1 Å². The Labute approximate surface area is 105 Å². The highest BCUT2D eigenvalue weighted by molar-refractivity contribution is 5.65. The molecule has 0 aliphatic carbocycles. The van der Waals surface area contributed by atoms with E-state index >= 15 is 0 Å². The van der Waals surface area contributed by atoms with E-state index in [0.717, 1.165) is 5.56 Å². The third-order valence-electron chi connectivity index (χ3n) is 2.80. The van der Waals surface area contributed by atoms with Crippen LogP contribution in [0.1, 0.15) is 5.56 Å². The smallest absolute Gasteiger partial charge is 0.220 e. The van der Waals surface area contributed by atoms with Crippen LogP contribution in [-0.2, 0) is 0 Å². The van der Waals surface area contributed by atoms with E-state index < -0.39 is 0 Å². The molecule has 3 rings (SSSR count). The highest BCUT2D eigenvalue weighted by atomic mass is 15.3. The van der Waals surface area contributed by atoms with Crippen molar-refractivity contribution >= 4 is 0 Å². The maximum absolute atomic E-state index is 4.30. The molecule has 0 fully saturated rings. The molecule has 4 nitrogen and oxygen atoms in total. The second-order valence-corrected chi connectivity index (χ2v) is 4.04. The van der Waals surface area contributed by atoms with E-state index in [2.05, 4.69) is 34.1 Å². The molecule has 0 aliphatic rings. The fourth-order valence-electron chi connectivity index (χ4n) is 1.88. The summed E-state index contributed by atoms with van der Waals surface area (Å²) in [5.41, 5.74) is 3.48. The molecule has 0 atom stereocenters. The van der Waals surface area contributed by atoms with Gasteiger partial charge in [-0.3, -0.25) is 0 Å². The van der Waals surface area contributed by atoms with Crippen LogP contribution in [0.5, 0.6) is 0 Å². The van der Waals surface area contributed by atoms with E-state index in [1.807, 2.05) is 24.5 Å². The number of rotatable bonds is 2. The van der Waals surface area contributed by atoms with Gasteiger partial charge in [0.1, 0.15) is 0 Å². The summed E-state index contributed by atoms with van der Waals surface area (Å²) in [6.45, 7) is 2.09. The minimum atomic E-state index is 0.581. The van der Waals surface area contributed by atoms with Gasteiger partial charge < -0.3 is 0 Å². The minimum absolute atomic E-state index is 0.581. The van der Waals surface area contributed by atoms with Crippen molar-refractivity contribution in [3.05, 3.63) is 60.7 Å². The molecule has 1 aromatic carbocycles. The van der Waals surface area contributed by atoms with Gasteiger partial charge in [0, 0.05) is 24.2 Å². The normalized spacial score (nSPS) is 10.5. The largest absolute Gasteiger partial charge is 0.250 e. The molecule has 0 saturated carbocycles. The number of hydrogen-bond acceptors (Lipinski definition) is 3. The van der Waals surface area contributed by atoms with Crippen LogP contribution in [0.25, 0.3) is 17.1 Å². The molecule has 3 aromatic rings. The summed E-state index contributed by atoms with van der Waals surface area (Å²) in [6.07, 6.45) is 7.19. The van der Waals surface area contributed by atoms with Gasteiger partial charge in [-0.05, 0) is 24.1 Å². The number of hydrogen-bond donors (Lipinski definition) is 0. The molecule has 0 radical (unpaired) electrons. The SMILES string of the molecule is Cc1ccccc1-c1cnn(-c2ncccn2)c1. The van der Waals surface area contributed by atoms with Crippen molar-refractivity contribution in [3.63, 3.8) is 0 Å². The molecule has 88 valence electrons. The minimum Gasteiger partial charge on any atom is -0.220 e. The van der Waals surface area contributed by atoms with Crippen molar-refractivity contribution in [3.8, 4) is 17.1 Å². The van der Waals surface area contributed by atoms with Crippen molar-refractivity contribution in [2.24, 2.45) is 0 Å². The standard InChI is InChI=1S/C14H12N4/c1-11-5-2-3-6-13(11)12-9-17-18(10-12)14-15-7-4-8-16-14/h2-10H,1H3. The van der Waals surface area contributed by atoms with Crippen molar-refractivity contribution in [2.75, 3.05) is 0 Å². The van der Waals surface area contributed by atoms with Crippen molar-refractivity contribution in [2.45, 2.75) is 6.92 Å². The predicted molar refractivity (Wildman–Crippen MR) is 69.3 cm³/mol. The first-order valence-electron chi connectivity index (χ1n) is 5.72. The maximum Gasteiger partial charge on any atom is 0.250 e. The number of benzene rings is 1. The van der Waals surface area contributed by atoms with Crippen LogP contribution in [0.15, 0.2) is 55.1 Å². The average Bonchev–Trinajstić information content (AvgIpc) is 2.90. The Bertz CT molecular complexity index is 658. The van der Waals surface area contributed by atoms with Crippen LogP contribution in [0.2, 0.25) is 0 Å². The summed E-state index contributed by atoms with van der Waals surface area (Å²) in [6, 6.07) is 10.0. The van der Waals surface area contributed by atoms with Crippen molar-refractivity contribution < 1.29 is 0 Å². The third-order valence-corrected chi connectivity index (χ3v) is 2.80. The van der Waals surface area contributed by atoms with Gasteiger partial charge >= 0.3 is 0 Å². The lowest BCUT2D eigenvalue weighted by Gasteiger charge is -2.01. The van der Waals surface area contributed by atoms with Gasteiger partial charge in [-0.2, -0.15) is 5.10 Å². The molecule has 0 N–H and O–H groups in total. The summed E-state index contributed by atoms with van der Waals surface area (Å²) in [7, 11) is 0. The molecule has 2 aromatic heterocycles. The quantitative estimate of drug-likeness (QED) is 0.687. The first kappa shape index (κ1) is 10.7. The Kier molecular flexibility index (Phi) is 2.61. The van der Waals surface area contributed by atoms with E-state index in [1.165, 1.54) is 11.1 Å². The summed E-state index contributed by atoms with van der Waals surface area (Å²) in [4.78, 5) is 8.34. The van der Waals surface area contributed by atoms with Crippen LogP contribution in [-0.4, -0.2) is 19.7 Å². The number of aromatic nitrogens is 4. The average molecular weight is 236 g/mol. The second kappa shape index (κ2) is 4.41. The highest BCUT2D eigenvalue weighted by Gasteiger charge is 2.06. The number of nitrogens with zero attached hydrogens (tertiary/aromatic N) is 4. The topological polar surface area (TPSA) is 43.6 Å². The zero-order valence-corrected chi connectivity index (χ0v) is 9.99. The zero-order valence-electron chi connectivity index (χ0n) is 9.99. The Hall–Kier alpha value is -2.49. The summed E-state index contributed by atoms with van der Waals surface area (Å²) in [5.74, 6) is 0.581. The van der Waals surface area contributed by atoms with Gasteiger partial charge in [0.25, 0.3) is 0 Å².